The molecule has 2 fully saturated rings. The van der Waals surface area contributed by atoms with Gasteiger partial charge in [-0.2, -0.15) is 11.8 Å². The first-order valence-electron chi connectivity index (χ1n) is 7.32. The first-order valence-corrected chi connectivity index (χ1v) is 8.48. The quantitative estimate of drug-likeness (QED) is 0.660. The Kier molecular flexibility index (Phi) is 4.22. The van der Waals surface area contributed by atoms with Crippen LogP contribution in [0.1, 0.15) is 12.8 Å². The Hall–Kier alpha value is -1.13. The van der Waals surface area contributed by atoms with E-state index < -0.39 is 0 Å². The van der Waals surface area contributed by atoms with E-state index in [4.69, 9.17) is 5.73 Å². The maximum Gasteiger partial charge on any atom is 0.0343 e. The van der Waals surface area contributed by atoms with Crippen LogP contribution in [-0.2, 0) is 0 Å². The largest absolute Gasteiger partial charge is 0.399 e. The van der Waals surface area contributed by atoms with Crippen LogP contribution in [0.5, 0.6) is 0 Å². The summed E-state index contributed by atoms with van der Waals surface area (Å²) in [6.45, 7) is 4.93. The van der Waals surface area contributed by atoms with E-state index in [0.717, 1.165) is 12.2 Å². The van der Waals surface area contributed by atoms with Gasteiger partial charge in [0.25, 0.3) is 0 Å². The zero-order chi connectivity index (χ0) is 13.9. The zero-order valence-corrected chi connectivity index (χ0v) is 12.6. The average molecular weight is 289 g/mol. The van der Waals surface area contributed by atoms with Gasteiger partial charge < -0.3 is 11.1 Å². The van der Waals surface area contributed by atoms with Crippen LogP contribution in [0.15, 0.2) is 36.9 Å². The molecule has 1 aromatic carbocycles. The van der Waals surface area contributed by atoms with Crippen molar-refractivity contribution in [3.8, 4) is 0 Å². The topological polar surface area (TPSA) is 41.3 Å². The third-order valence-electron chi connectivity index (χ3n) is 4.29. The molecule has 3 rings (SSSR count). The minimum absolute atomic E-state index is 0.579. The predicted molar refractivity (Wildman–Crippen MR) is 89.3 cm³/mol. The van der Waals surface area contributed by atoms with E-state index in [1.54, 1.807) is 0 Å². The summed E-state index contributed by atoms with van der Waals surface area (Å²) in [7, 11) is 0. The van der Waals surface area contributed by atoms with Crippen LogP contribution in [0.4, 0.5) is 11.4 Å². The molecule has 0 aliphatic carbocycles. The molecular formula is C16H23N3S. The van der Waals surface area contributed by atoms with Gasteiger partial charge in [-0.15, -0.1) is 6.58 Å². The number of hydrogen-bond acceptors (Lipinski definition) is 4. The number of nitrogens with zero attached hydrogens (tertiary/aromatic N) is 1. The van der Waals surface area contributed by atoms with E-state index in [2.05, 4.69) is 40.7 Å². The summed E-state index contributed by atoms with van der Waals surface area (Å²) < 4.78 is 0. The molecule has 0 radical (unpaired) electrons. The van der Waals surface area contributed by atoms with Crippen LogP contribution in [0.25, 0.3) is 0 Å². The number of anilines is 2. The molecule has 0 amide bonds. The summed E-state index contributed by atoms with van der Waals surface area (Å²) in [5.41, 5.74) is 7.75. The summed E-state index contributed by atoms with van der Waals surface area (Å²) in [5, 5.41) is 3.68. The number of nitrogens with two attached hydrogens (primary N) is 1. The van der Waals surface area contributed by atoms with Crippen molar-refractivity contribution in [1.29, 1.82) is 0 Å². The molecule has 2 saturated heterocycles. The molecule has 108 valence electrons. The fourth-order valence-electron chi connectivity index (χ4n) is 3.37. The molecule has 2 bridgehead atoms. The van der Waals surface area contributed by atoms with Crippen molar-refractivity contribution in [2.75, 3.05) is 29.1 Å². The predicted octanol–water partition coefficient (Wildman–Crippen LogP) is 2.82. The number of rotatable bonds is 4. The lowest BCUT2D eigenvalue weighted by molar-refractivity contribution is 0.110. The monoisotopic (exact) mass is 289 g/mol. The molecule has 20 heavy (non-hydrogen) atoms. The van der Waals surface area contributed by atoms with Crippen LogP contribution in [0.2, 0.25) is 0 Å². The van der Waals surface area contributed by atoms with Gasteiger partial charge in [0.15, 0.2) is 0 Å². The molecular weight excluding hydrogens is 266 g/mol. The summed E-state index contributed by atoms with van der Waals surface area (Å²) in [4.78, 5) is 2.64. The highest BCUT2D eigenvalue weighted by Crippen LogP contribution is 2.33. The van der Waals surface area contributed by atoms with Crippen molar-refractivity contribution in [2.45, 2.75) is 31.0 Å². The van der Waals surface area contributed by atoms with Gasteiger partial charge in [-0.1, -0.05) is 6.08 Å². The second-order valence-electron chi connectivity index (χ2n) is 5.77. The Balaban J connectivity index is 1.65. The first kappa shape index (κ1) is 13.8. The van der Waals surface area contributed by atoms with Crippen molar-refractivity contribution in [3.05, 3.63) is 36.9 Å². The maximum absolute atomic E-state index is 5.74. The van der Waals surface area contributed by atoms with Gasteiger partial charge in [-0.3, -0.25) is 4.90 Å². The number of thioether (sulfide) groups is 1. The van der Waals surface area contributed by atoms with Crippen molar-refractivity contribution in [2.24, 2.45) is 0 Å². The van der Waals surface area contributed by atoms with Crippen LogP contribution in [-0.4, -0.2) is 41.1 Å². The van der Waals surface area contributed by atoms with Gasteiger partial charge in [-0.25, -0.2) is 0 Å². The van der Waals surface area contributed by atoms with E-state index in [9.17, 15) is 0 Å². The first-order chi connectivity index (χ1) is 9.76. The number of benzene rings is 1. The summed E-state index contributed by atoms with van der Waals surface area (Å²) in [6.07, 6.45) is 4.49. The molecule has 4 heteroatoms. The second kappa shape index (κ2) is 6.10. The van der Waals surface area contributed by atoms with Gasteiger partial charge in [0.1, 0.15) is 0 Å². The molecule has 2 heterocycles. The van der Waals surface area contributed by atoms with Crippen molar-refractivity contribution >= 4 is 23.1 Å². The van der Waals surface area contributed by atoms with Crippen LogP contribution in [0, 0.1) is 0 Å². The maximum atomic E-state index is 5.74. The van der Waals surface area contributed by atoms with Crippen molar-refractivity contribution in [1.82, 2.24) is 4.90 Å². The van der Waals surface area contributed by atoms with E-state index in [0.29, 0.717) is 18.1 Å². The highest BCUT2D eigenvalue weighted by molar-refractivity contribution is 7.99. The lowest BCUT2D eigenvalue weighted by Crippen LogP contribution is -2.56. The smallest absolute Gasteiger partial charge is 0.0343 e. The Labute approximate surface area is 125 Å². The molecule has 0 spiro atoms. The third kappa shape index (κ3) is 2.96. The highest BCUT2D eigenvalue weighted by Gasteiger charge is 2.37. The van der Waals surface area contributed by atoms with E-state index >= 15 is 0 Å². The Bertz CT molecular complexity index is 445. The number of nitrogens with one attached hydrogen (secondary N) is 1. The Morgan fingerprint density at radius 1 is 1.25 bits per heavy atom. The third-order valence-corrected chi connectivity index (χ3v) is 5.53. The Morgan fingerprint density at radius 3 is 2.50 bits per heavy atom. The zero-order valence-electron chi connectivity index (χ0n) is 11.8. The average Bonchev–Trinajstić information content (AvgIpc) is 2.42. The normalized spacial score (nSPS) is 29.9. The lowest BCUT2D eigenvalue weighted by atomic mass is 9.92. The summed E-state index contributed by atoms with van der Waals surface area (Å²) in [6, 6.07) is 10.0. The van der Waals surface area contributed by atoms with Crippen LogP contribution >= 0.6 is 11.8 Å². The molecule has 2 aliphatic rings. The molecule has 1 aromatic rings. The summed E-state index contributed by atoms with van der Waals surface area (Å²) in [5.74, 6) is 2.51. The number of fused-ring (bicyclic) bond motifs is 2. The fourth-order valence-corrected chi connectivity index (χ4v) is 4.71. The highest BCUT2D eigenvalue weighted by atomic mass is 32.2. The molecule has 2 atom stereocenters. The second-order valence-corrected chi connectivity index (χ2v) is 6.84. The van der Waals surface area contributed by atoms with Crippen LogP contribution in [0.3, 0.4) is 0 Å². The lowest BCUT2D eigenvalue weighted by Gasteiger charge is -2.48. The Morgan fingerprint density at radius 2 is 1.90 bits per heavy atom. The van der Waals surface area contributed by atoms with Crippen molar-refractivity contribution < 1.29 is 0 Å². The standard InChI is InChI=1S/C16H23N3S/c1-2-7-19-15-8-14(9-16(19)11-20-10-15)18-13-5-3-12(17)4-6-13/h2-6,14-16,18H,1,7-11,17H2. The minimum atomic E-state index is 0.579. The summed E-state index contributed by atoms with van der Waals surface area (Å²) >= 11 is 2.11. The number of piperidine rings is 1. The minimum Gasteiger partial charge on any atom is -0.399 e. The number of nitrogen functional groups attached to an aromatic ring is 1. The van der Waals surface area contributed by atoms with Gasteiger partial charge in [0.05, 0.1) is 0 Å². The van der Waals surface area contributed by atoms with E-state index in [-0.39, 0.29) is 0 Å². The van der Waals surface area contributed by atoms with Crippen LogP contribution < -0.4 is 11.1 Å². The van der Waals surface area contributed by atoms with Gasteiger partial charge in [0, 0.05) is 47.6 Å². The van der Waals surface area contributed by atoms with Gasteiger partial charge >= 0.3 is 0 Å². The van der Waals surface area contributed by atoms with Gasteiger partial charge in [-0.05, 0) is 37.1 Å². The molecule has 0 aromatic heterocycles. The molecule has 2 aliphatic heterocycles. The van der Waals surface area contributed by atoms with Crippen molar-refractivity contribution in [3.63, 3.8) is 0 Å². The SMILES string of the molecule is C=CCN1C2CSCC1CC(Nc1ccc(N)cc1)C2. The molecule has 3 N–H and O–H groups in total. The van der Waals surface area contributed by atoms with Gasteiger partial charge in [0.2, 0.25) is 0 Å². The molecule has 0 saturated carbocycles. The molecule has 3 nitrogen and oxygen atoms in total. The number of hydrogen-bond donors (Lipinski definition) is 2. The fraction of sp³-hybridized carbons (Fsp3) is 0.500. The van der Waals surface area contributed by atoms with E-state index in [1.807, 2.05) is 18.2 Å². The molecule has 2 unspecified atom stereocenters. The van der Waals surface area contributed by atoms with E-state index in [1.165, 1.54) is 30.0 Å².